The minimum absolute atomic E-state index is 0.156. The Morgan fingerprint density at radius 1 is 1.23 bits per heavy atom. The van der Waals surface area contributed by atoms with E-state index in [0.29, 0.717) is 0 Å². The molecule has 72 valence electrons. The van der Waals surface area contributed by atoms with Gasteiger partial charge >= 0.3 is 0 Å². The van der Waals surface area contributed by atoms with E-state index in [9.17, 15) is 4.39 Å². The van der Waals surface area contributed by atoms with Gasteiger partial charge in [-0.2, -0.15) is 0 Å². The summed E-state index contributed by atoms with van der Waals surface area (Å²) in [7, 11) is 0. The second kappa shape index (κ2) is 4.26. The molecule has 0 saturated carbocycles. The van der Waals surface area contributed by atoms with Crippen molar-refractivity contribution in [2.75, 3.05) is 11.9 Å². The van der Waals surface area contributed by atoms with Gasteiger partial charge in [0.15, 0.2) is 0 Å². The lowest BCUT2D eigenvalue weighted by Gasteiger charge is -2.11. The normalized spacial score (nSPS) is 10.2. The van der Waals surface area contributed by atoms with Crippen molar-refractivity contribution in [2.45, 2.75) is 27.2 Å². The molecule has 0 spiro atoms. The maximum atomic E-state index is 12.9. The van der Waals surface area contributed by atoms with Crippen LogP contribution in [0.5, 0.6) is 0 Å². The third-order valence-corrected chi connectivity index (χ3v) is 2.05. The van der Waals surface area contributed by atoms with Crippen LogP contribution in [0.15, 0.2) is 12.1 Å². The molecule has 2 heteroatoms. The lowest BCUT2D eigenvalue weighted by Crippen LogP contribution is -2.03. The zero-order valence-corrected chi connectivity index (χ0v) is 8.45. The third kappa shape index (κ3) is 2.44. The predicted octanol–water partition coefficient (Wildman–Crippen LogP) is 3.26. The molecule has 0 aliphatic carbocycles. The first-order valence-electron chi connectivity index (χ1n) is 4.65. The molecule has 0 fully saturated rings. The lowest BCUT2D eigenvalue weighted by molar-refractivity contribution is 0.625. The van der Waals surface area contributed by atoms with Crippen molar-refractivity contribution in [3.8, 4) is 0 Å². The van der Waals surface area contributed by atoms with E-state index in [1.807, 2.05) is 13.8 Å². The van der Waals surface area contributed by atoms with Gasteiger partial charge in [0, 0.05) is 12.2 Å². The Morgan fingerprint density at radius 3 is 2.23 bits per heavy atom. The van der Waals surface area contributed by atoms with Gasteiger partial charge in [0.25, 0.3) is 0 Å². The number of benzene rings is 1. The van der Waals surface area contributed by atoms with Crippen LogP contribution in [-0.4, -0.2) is 6.54 Å². The standard InChI is InChI=1S/C11H16FN/c1-4-5-13-11-8(2)6-10(12)7-9(11)3/h6-7,13H,4-5H2,1-3H3. The van der Waals surface area contributed by atoms with Crippen LogP contribution in [0.2, 0.25) is 0 Å². The van der Waals surface area contributed by atoms with Crippen molar-refractivity contribution in [3.63, 3.8) is 0 Å². The van der Waals surface area contributed by atoms with Crippen LogP contribution in [0.4, 0.5) is 10.1 Å². The SMILES string of the molecule is CCCNc1c(C)cc(F)cc1C. The van der Waals surface area contributed by atoms with Crippen LogP contribution in [0.3, 0.4) is 0 Å². The summed E-state index contributed by atoms with van der Waals surface area (Å²) < 4.78 is 12.9. The van der Waals surface area contributed by atoms with Crippen molar-refractivity contribution in [3.05, 3.63) is 29.1 Å². The highest BCUT2D eigenvalue weighted by atomic mass is 19.1. The van der Waals surface area contributed by atoms with Crippen LogP contribution >= 0.6 is 0 Å². The highest BCUT2D eigenvalue weighted by Crippen LogP contribution is 2.21. The highest BCUT2D eigenvalue weighted by molar-refractivity contribution is 5.56. The van der Waals surface area contributed by atoms with Crippen molar-refractivity contribution in [1.82, 2.24) is 0 Å². The van der Waals surface area contributed by atoms with Gasteiger partial charge in [-0.1, -0.05) is 6.92 Å². The molecular formula is C11H16FN. The molecule has 13 heavy (non-hydrogen) atoms. The number of nitrogens with one attached hydrogen (secondary N) is 1. The second-order valence-electron chi connectivity index (χ2n) is 3.34. The Hall–Kier alpha value is -1.05. The van der Waals surface area contributed by atoms with Crippen molar-refractivity contribution in [1.29, 1.82) is 0 Å². The molecule has 0 heterocycles. The fourth-order valence-electron chi connectivity index (χ4n) is 1.44. The molecular weight excluding hydrogens is 165 g/mol. The van der Waals surface area contributed by atoms with Crippen molar-refractivity contribution in [2.24, 2.45) is 0 Å². The molecule has 0 bridgehead atoms. The molecule has 0 aliphatic rings. The Bertz CT molecular complexity index is 271. The van der Waals surface area contributed by atoms with E-state index in [-0.39, 0.29) is 5.82 Å². The molecule has 0 amide bonds. The Labute approximate surface area is 79.0 Å². The van der Waals surface area contributed by atoms with Gasteiger partial charge in [0.1, 0.15) is 5.82 Å². The van der Waals surface area contributed by atoms with Crippen LogP contribution in [0.25, 0.3) is 0 Å². The number of hydrogen-bond acceptors (Lipinski definition) is 1. The third-order valence-electron chi connectivity index (χ3n) is 2.05. The number of aryl methyl sites for hydroxylation is 2. The first kappa shape index (κ1) is 10.0. The maximum Gasteiger partial charge on any atom is 0.123 e. The summed E-state index contributed by atoms with van der Waals surface area (Å²) in [5.74, 6) is -0.156. The Balaban J connectivity index is 2.92. The summed E-state index contributed by atoms with van der Waals surface area (Å²) >= 11 is 0. The minimum atomic E-state index is -0.156. The topological polar surface area (TPSA) is 12.0 Å². The fraction of sp³-hybridized carbons (Fsp3) is 0.455. The van der Waals surface area contributed by atoms with E-state index < -0.39 is 0 Å². The average molecular weight is 181 g/mol. The smallest absolute Gasteiger partial charge is 0.123 e. The number of rotatable bonds is 3. The summed E-state index contributed by atoms with van der Waals surface area (Å²) in [5, 5.41) is 3.29. The van der Waals surface area contributed by atoms with Crippen LogP contribution < -0.4 is 5.32 Å². The average Bonchev–Trinajstić information content (AvgIpc) is 2.02. The molecule has 0 unspecified atom stereocenters. The summed E-state index contributed by atoms with van der Waals surface area (Å²) in [5.41, 5.74) is 3.03. The van der Waals surface area contributed by atoms with E-state index in [0.717, 1.165) is 29.8 Å². The first-order valence-corrected chi connectivity index (χ1v) is 4.65. The quantitative estimate of drug-likeness (QED) is 0.754. The molecule has 0 aromatic heterocycles. The predicted molar refractivity (Wildman–Crippen MR) is 54.7 cm³/mol. The molecule has 0 aliphatic heterocycles. The van der Waals surface area contributed by atoms with Gasteiger partial charge in [0.05, 0.1) is 0 Å². The molecule has 1 aromatic rings. The van der Waals surface area contributed by atoms with Crippen molar-refractivity contribution >= 4 is 5.69 Å². The zero-order chi connectivity index (χ0) is 9.84. The molecule has 0 radical (unpaired) electrons. The number of hydrogen-bond donors (Lipinski definition) is 1. The van der Waals surface area contributed by atoms with E-state index in [2.05, 4.69) is 12.2 Å². The molecule has 0 saturated heterocycles. The van der Waals surface area contributed by atoms with Gasteiger partial charge in [-0.3, -0.25) is 0 Å². The largest absolute Gasteiger partial charge is 0.385 e. The van der Waals surface area contributed by atoms with Gasteiger partial charge in [-0.05, 0) is 43.5 Å². The summed E-state index contributed by atoms with van der Waals surface area (Å²) in [6.45, 7) is 6.90. The van der Waals surface area contributed by atoms with Crippen LogP contribution in [0, 0.1) is 19.7 Å². The maximum absolute atomic E-state index is 12.9. The van der Waals surface area contributed by atoms with Crippen LogP contribution in [0.1, 0.15) is 24.5 Å². The summed E-state index contributed by atoms with van der Waals surface area (Å²) in [4.78, 5) is 0. The fourth-order valence-corrected chi connectivity index (χ4v) is 1.44. The van der Waals surface area contributed by atoms with E-state index >= 15 is 0 Å². The van der Waals surface area contributed by atoms with Crippen LogP contribution in [-0.2, 0) is 0 Å². The summed E-state index contributed by atoms with van der Waals surface area (Å²) in [6, 6.07) is 3.12. The molecule has 1 aromatic carbocycles. The zero-order valence-electron chi connectivity index (χ0n) is 8.45. The first-order chi connectivity index (χ1) is 6.15. The highest BCUT2D eigenvalue weighted by Gasteiger charge is 2.03. The Kier molecular flexibility index (Phi) is 3.29. The number of halogens is 1. The lowest BCUT2D eigenvalue weighted by atomic mass is 10.1. The van der Waals surface area contributed by atoms with Gasteiger partial charge in [0.2, 0.25) is 0 Å². The second-order valence-corrected chi connectivity index (χ2v) is 3.34. The molecule has 1 N–H and O–H groups in total. The van der Waals surface area contributed by atoms with Gasteiger partial charge in [-0.25, -0.2) is 4.39 Å². The van der Waals surface area contributed by atoms with E-state index in [4.69, 9.17) is 0 Å². The van der Waals surface area contributed by atoms with E-state index in [1.165, 1.54) is 0 Å². The minimum Gasteiger partial charge on any atom is -0.385 e. The monoisotopic (exact) mass is 181 g/mol. The molecule has 1 nitrogen and oxygen atoms in total. The number of anilines is 1. The van der Waals surface area contributed by atoms with Crippen molar-refractivity contribution < 1.29 is 4.39 Å². The van der Waals surface area contributed by atoms with Gasteiger partial charge < -0.3 is 5.32 Å². The van der Waals surface area contributed by atoms with E-state index in [1.54, 1.807) is 12.1 Å². The van der Waals surface area contributed by atoms with Gasteiger partial charge in [-0.15, -0.1) is 0 Å². The molecule has 0 atom stereocenters. The summed E-state index contributed by atoms with van der Waals surface area (Å²) in [6.07, 6.45) is 1.08. The Morgan fingerprint density at radius 2 is 1.77 bits per heavy atom. The molecule has 1 rings (SSSR count).